The Morgan fingerprint density at radius 3 is 2.64 bits per heavy atom. The van der Waals surface area contributed by atoms with Crippen molar-refractivity contribution >= 4 is 0 Å². The zero-order valence-corrected chi connectivity index (χ0v) is 9.06. The monoisotopic (exact) mass is 199 g/mol. The van der Waals surface area contributed by atoms with Gasteiger partial charge in [-0.1, -0.05) is 5.21 Å². The fourth-order valence-corrected chi connectivity index (χ4v) is 1.01. The molecule has 1 heterocycles. The summed E-state index contributed by atoms with van der Waals surface area (Å²) < 4.78 is 6.99. The van der Waals surface area contributed by atoms with Gasteiger partial charge in [-0.15, -0.1) is 5.10 Å². The molecule has 0 aliphatic heterocycles. The minimum absolute atomic E-state index is 0.243. The normalized spacial score (nSPS) is 14.4. The Morgan fingerprint density at radius 1 is 1.57 bits per heavy atom. The molecule has 1 N–H and O–H groups in total. The summed E-state index contributed by atoms with van der Waals surface area (Å²) in [6.07, 6.45) is 0.866. The molecular weight excluding hydrogens is 182 g/mol. The van der Waals surface area contributed by atoms with Crippen molar-refractivity contribution in [3.05, 3.63) is 11.9 Å². The quantitative estimate of drug-likeness (QED) is 0.777. The molecule has 0 fully saturated rings. The van der Waals surface area contributed by atoms with E-state index in [1.165, 1.54) is 10.9 Å². The smallest absolute Gasteiger partial charge is 0.121 e. The van der Waals surface area contributed by atoms with E-state index in [1.807, 2.05) is 20.8 Å². The summed E-state index contributed by atoms with van der Waals surface area (Å²) in [6, 6.07) is 0. The molecule has 0 aliphatic rings. The topological polar surface area (TPSA) is 60.2 Å². The van der Waals surface area contributed by atoms with E-state index in [2.05, 4.69) is 10.3 Å². The van der Waals surface area contributed by atoms with Gasteiger partial charge >= 0.3 is 0 Å². The molecule has 0 aromatic carbocycles. The first-order valence-corrected chi connectivity index (χ1v) is 4.57. The molecule has 0 aliphatic carbocycles. The van der Waals surface area contributed by atoms with Crippen molar-refractivity contribution in [1.82, 2.24) is 15.0 Å². The summed E-state index contributed by atoms with van der Waals surface area (Å²) in [5.74, 6) is 0. The SMILES string of the molecule is Cn1nncc1C(O)COC(C)(C)C. The molecular formula is C9H17N3O2. The predicted molar refractivity (Wildman–Crippen MR) is 51.7 cm³/mol. The van der Waals surface area contributed by atoms with E-state index in [9.17, 15) is 5.11 Å². The number of nitrogens with zero attached hydrogens (tertiary/aromatic N) is 3. The number of hydrogen-bond donors (Lipinski definition) is 1. The molecule has 1 unspecified atom stereocenters. The third-order valence-electron chi connectivity index (χ3n) is 1.77. The number of rotatable bonds is 3. The van der Waals surface area contributed by atoms with E-state index in [1.54, 1.807) is 7.05 Å². The highest BCUT2D eigenvalue weighted by Crippen LogP contribution is 2.14. The highest BCUT2D eigenvalue weighted by Gasteiger charge is 2.17. The first-order valence-electron chi connectivity index (χ1n) is 4.57. The summed E-state index contributed by atoms with van der Waals surface area (Å²) in [4.78, 5) is 0. The maximum atomic E-state index is 9.73. The largest absolute Gasteiger partial charge is 0.384 e. The van der Waals surface area contributed by atoms with Crippen molar-refractivity contribution in [2.45, 2.75) is 32.5 Å². The van der Waals surface area contributed by atoms with Gasteiger partial charge in [-0.25, -0.2) is 4.68 Å². The van der Waals surface area contributed by atoms with Crippen molar-refractivity contribution in [3.8, 4) is 0 Å². The second-order valence-electron chi connectivity index (χ2n) is 4.22. The van der Waals surface area contributed by atoms with Crippen molar-refractivity contribution in [1.29, 1.82) is 0 Å². The van der Waals surface area contributed by atoms with Crippen LogP contribution in [0.25, 0.3) is 0 Å². The van der Waals surface area contributed by atoms with Crippen LogP contribution in [0.4, 0.5) is 0 Å². The van der Waals surface area contributed by atoms with E-state index < -0.39 is 6.10 Å². The lowest BCUT2D eigenvalue weighted by atomic mass is 10.2. The Kier molecular flexibility index (Phi) is 3.23. The number of aromatic nitrogens is 3. The van der Waals surface area contributed by atoms with Gasteiger partial charge < -0.3 is 9.84 Å². The zero-order valence-electron chi connectivity index (χ0n) is 9.06. The van der Waals surface area contributed by atoms with Crippen molar-refractivity contribution < 1.29 is 9.84 Å². The van der Waals surface area contributed by atoms with Gasteiger partial charge in [0, 0.05) is 7.05 Å². The van der Waals surface area contributed by atoms with Crippen LogP contribution < -0.4 is 0 Å². The average Bonchev–Trinajstić information content (AvgIpc) is 2.46. The average molecular weight is 199 g/mol. The molecule has 14 heavy (non-hydrogen) atoms. The fraction of sp³-hybridized carbons (Fsp3) is 0.778. The van der Waals surface area contributed by atoms with E-state index in [4.69, 9.17) is 4.74 Å². The molecule has 1 aromatic heterocycles. The van der Waals surface area contributed by atoms with Gasteiger partial charge in [-0.2, -0.15) is 0 Å². The van der Waals surface area contributed by atoms with Crippen LogP contribution in [0.1, 0.15) is 32.6 Å². The van der Waals surface area contributed by atoms with E-state index in [0.717, 1.165) is 0 Å². The first-order chi connectivity index (χ1) is 6.40. The van der Waals surface area contributed by atoms with Crippen LogP contribution in [0, 0.1) is 0 Å². The molecule has 5 heteroatoms. The van der Waals surface area contributed by atoms with Crippen molar-refractivity contribution in [2.24, 2.45) is 7.05 Å². The Morgan fingerprint density at radius 2 is 2.21 bits per heavy atom. The highest BCUT2D eigenvalue weighted by atomic mass is 16.5. The van der Waals surface area contributed by atoms with Crippen LogP contribution in [0.15, 0.2) is 6.20 Å². The Bertz CT molecular complexity index is 290. The number of aryl methyl sites for hydroxylation is 1. The second-order valence-corrected chi connectivity index (χ2v) is 4.22. The van der Waals surface area contributed by atoms with Crippen LogP contribution in [0.2, 0.25) is 0 Å². The molecule has 80 valence electrons. The predicted octanol–water partition coefficient (Wildman–Crippen LogP) is 0.664. The third-order valence-corrected chi connectivity index (χ3v) is 1.77. The summed E-state index contributed by atoms with van der Waals surface area (Å²) in [5.41, 5.74) is 0.418. The zero-order chi connectivity index (χ0) is 10.8. The minimum Gasteiger partial charge on any atom is -0.384 e. The maximum absolute atomic E-state index is 9.73. The molecule has 5 nitrogen and oxygen atoms in total. The molecule has 0 spiro atoms. The molecule has 0 saturated heterocycles. The molecule has 1 aromatic rings. The summed E-state index contributed by atoms with van der Waals surface area (Å²) in [6.45, 7) is 6.09. The van der Waals surface area contributed by atoms with Gasteiger partial charge in [0.05, 0.1) is 24.1 Å². The van der Waals surface area contributed by atoms with Crippen LogP contribution in [0.3, 0.4) is 0 Å². The third kappa shape index (κ3) is 3.08. The van der Waals surface area contributed by atoms with Gasteiger partial charge in [0.25, 0.3) is 0 Å². The molecule has 1 atom stereocenters. The summed E-state index contributed by atoms with van der Waals surface area (Å²) >= 11 is 0. The molecule has 0 saturated carbocycles. The number of aliphatic hydroxyl groups excluding tert-OH is 1. The van der Waals surface area contributed by atoms with Crippen LogP contribution in [0.5, 0.6) is 0 Å². The van der Waals surface area contributed by atoms with Crippen LogP contribution >= 0.6 is 0 Å². The van der Waals surface area contributed by atoms with Crippen molar-refractivity contribution in [3.63, 3.8) is 0 Å². The number of ether oxygens (including phenoxy) is 1. The lowest BCUT2D eigenvalue weighted by Gasteiger charge is -2.21. The van der Waals surface area contributed by atoms with E-state index >= 15 is 0 Å². The Labute approximate surface area is 83.7 Å². The molecule has 1 rings (SSSR count). The molecule has 0 bridgehead atoms. The van der Waals surface area contributed by atoms with Crippen LogP contribution in [-0.4, -0.2) is 32.3 Å². The lowest BCUT2D eigenvalue weighted by molar-refractivity contribution is -0.0515. The van der Waals surface area contributed by atoms with Crippen LogP contribution in [-0.2, 0) is 11.8 Å². The highest BCUT2D eigenvalue weighted by molar-refractivity contribution is 4.98. The second kappa shape index (κ2) is 4.06. The standard InChI is InChI=1S/C9H17N3O2/c1-9(2,3)14-6-8(13)7-5-10-11-12(7)4/h5,8,13H,6H2,1-4H3. The van der Waals surface area contributed by atoms with Gasteiger partial charge in [0.15, 0.2) is 0 Å². The number of hydrogen-bond acceptors (Lipinski definition) is 4. The van der Waals surface area contributed by atoms with Gasteiger partial charge in [-0.3, -0.25) is 0 Å². The summed E-state index contributed by atoms with van der Waals surface area (Å²) in [5, 5.41) is 17.1. The fourth-order valence-electron chi connectivity index (χ4n) is 1.01. The molecule has 0 amide bonds. The van der Waals surface area contributed by atoms with Gasteiger partial charge in [-0.05, 0) is 20.8 Å². The van der Waals surface area contributed by atoms with Gasteiger partial charge in [0.1, 0.15) is 6.10 Å². The van der Waals surface area contributed by atoms with E-state index in [-0.39, 0.29) is 12.2 Å². The maximum Gasteiger partial charge on any atom is 0.121 e. The molecule has 0 radical (unpaired) electrons. The minimum atomic E-state index is -0.672. The van der Waals surface area contributed by atoms with Gasteiger partial charge in [0.2, 0.25) is 0 Å². The van der Waals surface area contributed by atoms with E-state index in [0.29, 0.717) is 5.69 Å². The summed E-state index contributed by atoms with van der Waals surface area (Å²) in [7, 11) is 1.74. The Hall–Kier alpha value is -0.940. The lowest BCUT2D eigenvalue weighted by Crippen LogP contribution is -2.23. The first kappa shape index (κ1) is 11.1. The number of aliphatic hydroxyl groups is 1. The van der Waals surface area contributed by atoms with Crippen molar-refractivity contribution in [2.75, 3.05) is 6.61 Å². The Balaban J connectivity index is 2.51.